The Morgan fingerprint density at radius 1 is 1.25 bits per heavy atom. The number of nitrogens with zero attached hydrogens (tertiary/aromatic N) is 1. The van der Waals surface area contributed by atoms with Crippen LogP contribution >= 0.6 is 11.6 Å². The molecule has 0 unspecified atom stereocenters. The predicted molar refractivity (Wildman–Crippen MR) is 90.2 cm³/mol. The molecule has 1 aliphatic rings. The number of rotatable bonds is 4. The van der Waals surface area contributed by atoms with Crippen molar-refractivity contribution < 1.29 is 14.0 Å². The van der Waals surface area contributed by atoms with Crippen LogP contribution < -0.4 is 10.2 Å². The molecule has 2 aromatic carbocycles. The van der Waals surface area contributed by atoms with Crippen molar-refractivity contribution in [2.75, 3.05) is 11.4 Å². The molecule has 3 rings (SSSR count). The minimum Gasteiger partial charge on any atom is -0.352 e. The van der Waals surface area contributed by atoms with Crippen molar-refractivity contribution in [1.82, 2.24) is 5.32 Å². The van der Waals surface area contributed by atoms with Crippen molar-refractivity contribution in [3.8, 4) is 0 Å². The van der Waals surface area contributed by atoms with Crippen molar-refractivity contribution >= 4 is 29.1 Å². The molecule has 4 nitrogen and oxygen atoms in total. The summed E-state index contributed by atoms with van der Waals surface area (Å²) in [5.74, 6) is -1.19. The molecule has 2 aromatic rings. The third-order valence-electron chi connectivity index (χ3n) is 4.03. The molecule has 0 aliphatic carbocycles. The average molecular weight is 347 g/mol. The number of nitrogens with one attached hydrogen (secondary N) is 1. The van der Waals surface area contributed by atoms with Gasteiger partial charge in [-0.2, -0.15) is 0 Å². The minimum atomic E-state index is -0.455. The molecule has 0 spiro atoms. The SMILES string of the molecule is O=C(NCc1ccccc1F)[C@H]1CC(=O)N(c2cccc(Cl)c2)C1. The first-order valence-corrected chi connectivity index (χ1v) is 7.99. The predicted octanol–water partition coefficient (Wildman–Crippen LogP) is 3.15. The van der Waals surface area contributed by atoms with E-state index in [1.165, 1.54) is 6.07 Å². The number of hydrogen-bond acceptors (Lipinski definition) is 2. The van der Waals surface area contributed by atoms with E-state index in [-0.39, 0.29) is 30.6 Å². The van der Waals surface area contributed by atoms with E-state index in [0.717, 1.165) is 0 Å². The van der Waals surface area contributed by atoms with Crippen molar-refractivity contribution in [3.63, 3.8) is 0 Å². The minimum absolute atomic E-state index is 0.105. The lowest BCUT2D eigenvalue weighted by atomic mass is 10.1. The first-order chi connectivity index (χ1) is 11.5. The monoisotopic (exact) mass is 346 g/mol. The number of halogens is 2. The zero-order chi connectivity index (χ0) is 17.1. The summed E-state index contributed by atoms with van der Waals surface area (Å²) in [6, 6.07) is 13.2. The van der Waals surface area contributed by atoms with Crippen LogP contribution in [0.4, 0.5) is 10.1 Å². The maximum atomic E-state index is 13.6. The maximum absolute atomic E-state index is 13.6. The van der Waals surface area contributed by atoms with E-state index in [4.69, 9.17) is 11.6 Å². The van der Waals surface area contributed by atoms with E-state index in [1.807, 2.05) is 0 Å². The molecule has 1 fully saturated rings. The van der Waals surface area contributed by atoms with Crippen LogP contribution in [0.25, 0.3) is 0 Å². The Balaban J connectivity index is 1.63. The second-order valence-corrected chi connectivity index (χ2v) is 6.13. The molecule has 1 heterocycles. The zero-order valence-electron chi connectivity index (χ0n) is 12.8. The Kier molecular flexibility index (Phi) is 4.81. The summed E-state index contributed by atoms with van der Waals surface area (Å²) in [6.45, 7) is 0.398. The standard InChI is InChI=1S/C18H16ClFN2O2/c19-14-5-3-6-15(9-14)22-11-13(8-17(22)23)18(24)21-10-12-4-1-2-7-16(12)20/h1-7,9,13H,8,10-11H2,(H,21,24)/t13-/m0/s1. The summed E-state index contributed by atoms with van der Waals surface area (Å²) in [5, 5.41) is 3.24. The van der Waals surface area contributed by atoms with Gasteiger partial charge in [0.15, 0.2) is 0 Å². The lowest BCUT2D eigenvalue weighted by Crippen LogP contribution is -2.32. The fourth-order valence-corrected chi connectivity index (χ4v) is 2.93. The molecule has 0 saturated carbocycles. The third-order valence-corrected chi connectivity index (χ3v) is 4.26. The van der Waals surface area contributed by atoms with E-state index in [1.54, 1.807) is 47.4 Å². The Bertz CT molecular complexity index is 781. The van der Waals surface area contributed by atoms with Gasteiger partial charge in [0, 0.05) is 35.8 Å². The molecule has 1 aliphatic heterocycles. The smallest absolute Gasteiger partial charge is 0.227 e. The van der Waals surface area contributed by atoms with Gasteiger partial charge in [-0.1, -0.05) is 35.9 Å². The molecule has 1 atom stereocenters. The van der Waals surface area contributed by atoms with Gasteiger partial charge in [-0.05, 0) is 24.3 Å². The molecule has 1 N–H and O–H groups in total. The second-order valence-electron chi connectivity index (χ2n) is 5.69. The molecule has 0 aromatic heterocycles. The Morgan fingerprint density at radius 3 is 2.79 bits per heavy atom. The number of carbonyl (C=O) groups is 2. The Labute approximate surface area is 144 Å². The van der Waals surface area contributed by atoms with E-state index in [0.29, 0.717) is 22.8 Å². The van der Waals surface area contributed by atoms with Gasteiger partial charge < -0.3 is 10.2 Å². The van der Waals surface area contributed by atoms with Crippen molar-refractivity contribution in [3.05, 3.63) is 64.9 Å². The van der Waals surface area contributed by atoms with Gasteiger partial charge in [0.2, 0.25) is 11.8 Å². The van der Waals surface area contributed by atoms with Gasteiger partial charge in [0.05, 0.1) is 5.92 Å². The van der Waals surface area contributed by atoms with E-state index >= 15 is 0 Å². The van der Waals surface area contributed by atoms with E-state index in [9.17, 15) is 14.0 Å². The topological polar surface area (TPSA) is 49.4 Å². The van der Waals surface area contributed by atoms with Crippen molar-refractivity contribution in [2.24, 2.45) is 5.92 Å². The third kappa shape index (κ3) is 3.57. The highest BCUT2D eigenvalue weighted by Gasteiger charge is 2.35. The highest BCUT2D eigenvalue weighted by atomic mass is 35.5. The van der Waals surface area contributed by atoms with Gasteiger partial charge in [0.25, 0.3) is 0 Å². The normalized spacial score (nSPS) is 17.2. The second kappa shape index (κ2) is 7.01. The Hall–Kier alpha value is -2.40. The summed E-state index contributed by atoms with van der Waals surface area (Å²) in [5.41, 5.74) is 1.10. The quantitative estimate of drug-likeness (QED) is 0.924. The van der Waals surface area contributed by atoms with Crippen LogP contribution in [0.15, 0.2) is 48.5 Å². The van der Waals surface area contributed by atoms with E-state index < -0.39 is 5.92 Å². The maximum Gasteiger partial charge on any atom is 0.227 e. The first-order valence-electron chi connectivity index (χ1n) is 7.61. The molecular weight excluding hydrogens is 331 g/mol. The van der Waals surface area contributed by atoms with E-state index in [2.05, 4.69) is 5.32 Å². The molecule has 0 bridgehead atoms. The number of benzene rings is 2. The Morgan fingerprint density at radius 2 is 2.04 bits per heavy atom. The molecule has 124 valence electrons. The molecular formula is C18H16ClFN2O2. The van der Waals surface area contributed by atoms with Gasteiger partial charge in [0.1, 0.15) is 5.82 Å². The number of carbonyl (C=O) groups excluding carboxylic acids is 2. The summed E-state index contributed by atoms with van der Waals surface area (Å²) in [4.78, 5) is 26.0. The summed E-state index contributed by atoms with van der Waals surface area (Å²) >= 11 is 5.95. The van der Waals surface area contributed by atoms with Crippen LogP contribution in [0.5, 0.6) is 0 Å². The molecule has 6 heteroatoms. The molecule has 2 amide bonds. The number of hydrogen-bond donors (Lipinski definition) is 1. The largest absolute Gasteiger partial charge is 0.352 e. The summed E-state index contributed by atoms with van der Waals surface area (Å²) in [6.07, 6.45) is 0.135. The number of amides is 2. The fraction of sp³-hybridized carbons (Fsp3) is 0.222. The summed E-state index contributed by atoms with van der Waals surface area (Å²) < 4.78 is 13.6. The average Bonchev–Trinajstić information content (AvgIpc) is 2.96. The van der Waals surface area contributed by atoms with Gasteiger partial charge in [-0.15, -0.1) is 0 Å². The highest BCUT2D eigenvalue weighted by molar-refractivity contribution is 6.30. The molecule has 0 radical (unpaired) electrons. The van der Waals surface area contributed by atoms with Crippen LogP contribution in [-0.2, 0) is 16.1 Å². The van der Waals surface area contributed by atoms with Gasteiger partial charge >= 0.3 is 0 Å². The lowest BCUT2D eigenvalue weighted by Gasteiger charge is -2.17. The van der Waals surface area contributed by atoms with Gasteiger partial charge in [-0.3, -0.25) is 9.59 Å². The zero-order valence-corrected chi connectivity index (χ0v) is 13.6. The van der Waals surface area contributed by atoms with Crippen molar-refractivity contribution in [1.29, 1.82) is 0 Å². The summed E-state index contributed by atoms with van der Waals surface area (Å²) in [7, 11) is 0. The number of anilines is 1. The molecule has 1 saturated heterocycles. The van der Waals surface area contributed by atoms with Crippen LogP contribution in [-0.4, -0.2) is 18.4 Å². The highest BCUT2D eigenvalue weighted by Crippen LogP contribution is 2.27. The van der Waals surface area contributed by atoms with Crippen LogP contribution in [0.3, 0.4) is 0 Å². The first kappa shape index (κ1) is 16.5. The lowest BCUT2D eigenvalue weighted by molar-refractivity contribution is -0.126. The van der Waals surface area contributed by atoms with Crippen LogP contribution in [0.2, 0.25) is 5.02 Å². The van der Waals surface area contributed by atoms with Crippen LogP contribution in [0, 0.1) is 11.7 Å². The fourth-order valence-electron chi connectivity index (χ4n) is 2.75. The van der Waals surface area contributed by atoms with Crippen LogP contribution in [0.1, 0.15) is 12.0 Å². The van der Waals surface area contributed by atoms with Gasteiger partial charge in [-0.25, -0.2) is 4.39 Å². The van der Waals surface area contributed by atoms with Crippen molar-refractivity contribution in [2.45, 2.75) is 13.0 Å². The molecule has 24 heavy (non-hydrogen) atoms.